The van der Waals surface area contributed by atoms with Crippen molar-refractivity contribution >= 4 is 29.3 Å². The summed E-state index contributed by atoms with van der Waals surface area (Å²) in [4.78, 5) is 34.6. The Balaban J connectivity index is 1.39. The van der Waals surface area contributed by atoms with Crippen LogP contribution in [-0.2, 0) is 23.8 Å². The van der Waals surface area contributed by atoms with E-state index in [0.29, 0.717) is 41.5 Å². The van der Waals surface area contributed by atoms with Gasteiger partial charge in [0.2, 0.25) is 0 Å². The average molecular weight is 658 g/mol. The third-order valence-electron chi connectivity index (χ3n) is 9.12. The number of carbonyl (C=O) groups is 2. The molecule has 0 aromatic heterocycles. The van der Waals surface area contributed by atoms with Crippen LogP contribution in [0.5, 0.6) is 0 Å². The molecule has 1 unspecified atom stereocenters. The van der Waals surface area contributed by atoms with E-state index >= 15 is 0 Å². The fourth-order valence-corrected chi connectivity index (χ4v) is 7.07. The van der Waals surface area contributed by atoms with Crippen molar-refractivity contribution in [2.75, 3.05) is 46.5 Å². The van der Waals surface area contributed by atoms with Gasteiger partial charge in [-0.05, 0) is 49.6 Å². The number of hydrogen-bond donors (Lipinski definition) is 1. The minimum Gasteiger partial charge on any atom is -0.468 e. The molecule has 47 heavy (non-hydrogen) atoms. The van der Waals surface area contributed by atoms with Gasteiger partial charge in [0, 0.05) is 48.6 Å². The van der Waals surface area contributed by atoms with E-state index in [1.807, 2.05) is 37.3 Å². The topological polar surface area (TPSA) is 103 Å². The van der Waals surface area contributed by atoms with E-state index in [-0.39, 0.29) is 24.7 Å². The maximum Gasteiger partial charge on any atom is 0.337 e. The molecule has 3 aromatic carbocycles. The fraction of sp³-hybridized carbons (Fsp3) is 0.395. The molecule has 3 aromatic rings. The van der Waals surface area contributed by atoms with Gasteiger partial charge in [0.05, 0.1) is 31.6 Å². The van der Waals surface area contributed by atoms with Gasteiger partial charge < -0.3 is 19.9 Å². The monoisotopic (exact) mass is 657 g/mol. The second kappa shape index (κ2) is 15.8. The number of methoxy groups -OCH3 is 1. The zero-order chi connectivity index (χ0) is 33.4. The Morgan fingerprint density at radius 1 is 1.02 bits per heavy atom. The smallest absolute Gasteiger partial charge is 0.337 e. The van der Waals surface area contributed by atoms with Crippen LogP contribution in [0.15, 0.2) is 101 Å². The van der Waals surface area contributed by atoms with Crippen molar-refractivity contribution in [3.63, 3.8) is 0 Å². The van der Waals surface area contributed by atoms with E-state index in [4.69, 9.17) is 36.5 Å². The molecule has 0 saturated carbocycles. The van der Waals surface area contributed by atoms with Gasteiger partial charge >= 0.3 is 11.9 Å². The third-order valence-corrected chi connectivity index (χ3v) is 9.47. The molecular weight excluding hydrogens is 614 g/mol. The van der Waals surface area contributed by atoms with Gasteiger partial charge in [-0.2, -0.15) is 0 Å². The number of aliphatic imine (C=N–C) groups is 1. The van der Waals surface area contributed by atoms with Crippen molar-refractivity contribution in [3.05, 3.63) is 118 Å². The Hall–Kier alpha value is -3.82. The molecule has 8 nitrogen and oxygen atoms in total. The summed E-state index contributed by atoms with van der Waals surface area (Å²) in [6.07, 6.45) is 1.60. The Labute approximate surface area is 282 Å². The Kier molecular flexibility index (Phi) is 11.6. The number of nitrogens with zero attached hydrogens (tertiary/aromatic N) is 2. The van der Waals surface area contributed by atoms with Crippen LogP contribution in [0.4, 0.5) is 0 Å². The van der Waals surface area contributed by atoms with E-state index in [0.717, 1.165) is 19.5 Å². The zero-order valence-corrected chi connectivity index (χ0v) is 28.1. The molecule has 0 amide bonds. The third kappa shape index (κ3) is 8.19. The number of hydrogen-bond acceptors (Lipinski definition) is 8. The summed E-state index contributed by atoms with van der Waals surface area (Å²) in [6.45, 7) is 6.60. The molecule has 1 saturated heterocycles. The number of carbonyl (C=O) groups excluding carboxylic acids is 2. The van der Waals surface area contributed by atoms with Crippen molar-refractivity contribution < 1.29 is 23.8 Å². The second-order valence-electron chi connectivity index (χ2n) is 12.5. The predicted octanol–water partition coefficient (Wildman–Crippen LogP) is 6.15. The summed E-state index contributed by atoms with van der Waals surface area (Å²) in [5.41, 5.74) is 9.28. The quantitative estimate of drug-likeness (QED) is 0.174. The van der Waals surface area contributed by atoms with Gasteiger partial charge in [-0.25, -0.2) is 4.79 Å². The number of nitrogens with two attached hydrogens (primary N) is 1. The first-order valence-electron chi connectivity index (χ1n) is 16.2. The van der Waals surface area contributed by atoms with Crippen molar-refractivity contribution in [1.29, 1.82) is 0 Å². The van der Waals surface area contributed by atoms with E-state index in [2.05, 4.69) is 53.4 Å². The molecule has 2 heterocycles. The maximum atomic E-state index is 14.4. The molecule has 5 rings (SSSR count). The largest absolute Gasteiger partial charge is 0.468 e. The zero-order valence-electron chi connectivity index (χ0n) is 27.4. The van der Waals surface area contributed by atoms with Crippen LogP contribution < -0.4 is 5.73 Å². The van der Waals surface area contributed by atoms with Gasteiger partial charge in [0.15, 0.2) is 0 Å². The lowest BCUT2D eigenvalue weighted by atomic mass is 9.75. The molecule has 0 bridgehead atoms. The Morgan fingerprint density at radius 3 is 2.28 bits per heavy atom. The van der Waals surface area contributed by atoms with Crippen molar-refractivity contribution in [1.82, 2.24) is 4.90 Å². The Morgan fingerprint density at radius 2 is 1.66 bits per heavy atom. The number of esters is 2. The number of ether oxygens (including phenoxy) is 3. The lowest BCUT2D eigenvalue weighted by Crippen LogP contribution is -2.41. The predicted molar refractivity (Wildman–Crippen MR) is 185 cm³/mol. The summed E-state index contributed by atoms with van der Waals surface area (Å²) < 4.78 is 17.4. The molecule has 0 aliphatic carbocycles. The second-order valence-corrected chi connectivity index (χ2v) is 12.9. The highest BCUT2D eigenvalue weighted by atomic mass is 35.5. The highest BCUT2D eigenvalue weighted by Gasteiger charge is 2.46. The van der Waals surface area contributed by atoms with Crippen LogP contribution in [0, 0.1) is 5.92 Å². The van der Waals surface area contributed by atoms with Gasteiger partial charge in [-0.1, -0.05) is 90.5 Å². The van der Waals surface area contributed by atoms with Crippen LogP contribution in [0.1, 0.15) is 55.2 Å². The van der Waals surface area contributed by atoms with Crippen LogP contribution in [-0.4, -0.2) is 74.7 Å². The summed E-state index contributed by atoms with van der Waals surface area (Å²) in [5.74, 6) is -2.42. The molecule has 2 aliphatic heterocycles. The van der Waals surface area contributed by atoms with Crippen LogP contribution >= 0.6 is 11.6 Å². The van der Waals surface area contributed by atoms with Gasteiger partial charge in [0.25, 0.3) is 0 Å². The van der Waals surface area contributed by atoms with E-state index in [1.165, 1.54) is 18.2 Å². The SMILES string of the molecule is COC(=O)C1C(C)=NC(COCCN)=C(C(=O)O[C@@]2(C)CCN(CCC(c3ccccc3)c3ccccc3)C2)[C@H]1c1ccccc1Cl. The maximum absolute atomic E-state index is 14.4. The number of benzene rings is 3. The number of likely N-dealkylation sites (tertiary alicyclic amines) is 1. The first-order chi connectivity index (χ1) is 22.7. The number of rotatable bonds is 13. The average Bonchev–Trinajstić information content (AvgIpc) is 3.45. The first kappa shape index (κ1) is 34.5. The minimum absolute atomic E-state index is 0.0387. The van der Waals surface area contributed by atoms with E-state index in [9.17, 15) is 9.59 Å². The molecule has 3 atom stereocenters. The Bertz CT molecular complexity index is 1560. The van der Waals surface area contributed by atoms with Gasteiger partial charge in [0.1, 0.15) is 11.5 Å². The first-order valence-corrected chi connectivity index (χ1v) is 16.6. The molecular formula is C38H44ClN3O5. The summed E-state index contributed by atoms with van der Waals surface area (Å²) >= 11 is 6.71. The van der Waals surface area contributed by atoms with Crippen molar-refractivity contribution in [2.45, 2.75) is 44.1 Å². The minimum atomic E-state index is -0.860. The fourth-order valence-electron chi connectivity index (χ4n) is 6.82. The molecule has 2 aliphatic rings. The number of halogens is 1. The van der Waals surface area contributed by atoms with Gasteiger partial charge in [-0.15, -0.1) is 0 Å². The van der Waals surface area contributed by atoms with Gasteiger partial charge in [-0.3, -0.25) is 14.7 Å². The highest BCUT2D eigenvalue weighted by molar-refractivity contribution is 6.31. The molecule has 0 radical (unpaired) electrons. The standard InChI is InChI=1S/C38H44ClN3O5/c1-26-33(36(43)45-3)34(30-16-10-11-17-31(30)39)35(32(41-26)24-46-23-20-40)37(44)47-38(2)19-22-42(25-38)21-18-29(27-12-6-4-7-13-27)28-14-8-5-9-15-28/h4-17,29,33-34H,18-25,40H2,1-3H3/t33?,34-,38-/m0/s1. The van der Waals surface area contributed by atoms with Crippen LogP contribution in [0.3, 0.4) is 0 Å². The molecule has 2 N–H and O–H groups in total. The highest BCUT2D eigenvalue weighted by Crippen LogP contribution is 2.43. The molecule has 9 heteroatoms. The van der Waals surface area contributed by atoms with Crippen molar-refractivity contribution in [3.8, 4) is 0 Å². The van der Waals surface area contributed by atoms with Crippen molar-refractivity contribution in [2.24, 2.45) is 16.6 Å². The summed E-state index contributed by atoms with van der Waals surface area (Å²) in [7, 11) is 1.33. The van der Waals surface area contributed by atoms with Crippen LogP contribution in [0.2, 0.25) is 5.02 Å². The summed E-state index contributed by atoms with van der Waals surface area (Å²) in [5, 5.41) is 0.429. The van der Waals surface area contributed by atoms with E-state index < -0.39 is 29.4 Å². The lowest BCUT2D eigenvalue weighted by molar-refractivity contribution is -0.152. The molecule has 1 fully saturated rings. The lowest BCUT2D eigenvalue weighted by Gasteiger charge is -2.34. The summed E-state index contributed by atoms with van der Waals surface area (Å²) in [6, 6.07) is 28.3. The normalized spacial score (nSPS) is 21.5. The van der Waals surface area contributed by atoms with E-state index in [1.54, 1.807) is 13.0 Å². The molecule has 248 valence electrons. The molecule has 0 spiro atoms. The van der Waals surface area contributed by atoms with Crippen LogP contribution in [0.25, 0.3) is 0 Å².